The van der Waals surface area contributed by atoms with Gasteiger partial charge >= 0.3 is 0 Å². The van der Waals surface area contributed by atoms with E-state index >= 15 is 0 Å². The van der Waals surface area contributed by atoms with Gasteiger partial charge in [-0.1, -0.05) is 48.6 Å². The van der Waals surface area contributed by atoms with Crippen molar-refractivity contribution in [1.29, 1.82) is 0 Å². The first-order valence-electron chi connectivity index (χ1n) is 6.12. The van der Waals surface area contributed by atoms with E-state index in [0.29, 0.717) is 5.13 Å². The van der Waals surface area contributed by atoms with Crippen molar-refractivity contribution in [1.82, 2.24) is 10.2 Å². The zero-order valence-electron chi connectivity index (χ0n) is 10.7. The first-order valence-corrected chi connectivity index (χ1v) is 6.94. The van der Waals surface area contributed by atoms with Crippen molar-refractivity contribution in [3.63, 3.8) is 0 Å². The number of amides is 1. The highest BCUT2D eigenvalue weighted by Crippen LogP contribution is 2.20. The monoisotopic (exact) mass is 276 g/mol. The van der Waals surface area contributed by atoms with Gasteiger partial charge in [0.05, 0.1) is 5.92 Å². The normalized spacial score (nSPS) is 12.1. The Labute approximate surface area is 115 Å². The van der Waals surface area contributed by atoms with Gasteiger partial charge in [0, 0.05) is 6.54 Å². The minimum atomic E-state index is -0.366. The number of nitrogens with one attached hydrogen (secondary N) is 1. The number of carbonyl (C=O) groups is 1. The summed E-state index contributed by atoms with van der Waals surface area (Å²) in [6.45, 7) is 2.26. The molecule has 2 rings (SSSR count). The maximum Gasteiger partial charge on any atom is 0.235 e. The summed E-state index contributed by atoms with van der Waals surface area (Å²) in [4.78, 5) is 12.2. The van der Waals surface area contributed by atoms with Gasteiger partial charge in [0.15, 0.2) is 0 Å². The van der Waals surface area contributed by atoms with E-state index in [9.17, 15) is 4.79 Å². The minimum absolute atomic E-state index is 0.146. The number of benzene rings is 1. The molecule has 0 bridgehead atoms. The fourth-order valence-electron chi connectivity index (χ4n) is 1.72. The molecule has 1 unspecified atom stereocenters. The van der Waals surface area contributed by atoms with Gasteiger partial charge in [-0.3, -0.25) is 10.1 Å². The van der Waals surface area contributed by atoms with Gasteiger partial charge in [-0.05, 0) is 12.0 Å². The molecule has 1 aromatic heterocycles. The second-order valence-corrected chi connectivity index (χ2v) is 5.10. The zero-order chi connectivity index (χ0) is 13.7. The first-order chi connectivity index (χ1) is 9.24. The molecule has 0 saturated heterocycles. The van der Waals surface area contributed by atoms with Crippen LogP contribution in [-0.2, 0) is 11.2 Å². The summed E-state index contributed by atoms with van der Waals surface area (Å²) in [5.74, 6) is -0.511. The Hall–Kier alpha value is -1.79. The van der Waals surface area contributed by atoms with Crippen molar-refractivity contribution in [3.8, 4) is 0 Å². The van der Waals surface area contributed by atoms with Crippen molar-refractivity contribution >= 4 is 22.4 Å². The summed E-state index contributed by atoms with van der Waals surface area (Å²) in [7, 11) is 0. The lowest BCUT2D eigenvalue weighted by Gasteiger charge is -2.13. The van der Waals surface area contributed by atoms with Crippen molar-refractivity contribution in [3.05, 3.63) is 40.9 Å². The van der Waals surface area contributed by atoms with E-state index in [0.717, 1.165) is 17.0 Å². The molecule has 6 heteroatoms. The number of hydrogen-bond donors (Lipinski definition) is 2. The summed E-state index contributed by atoms with van der Waals surface area (Å²) in [6.07, 6.45) is 0.812. The van der Waals surface area contributed by atoms with Gasteiger partial charge in [-0.2, -0.15) is 0 Å². The number of aryl methyl sites for hydroxylation is 1. The van der Waals surface area contributed by atoms with Crippen molar-refractivity contribution in [2.75, 3.05) is 11.9 Å². The SMILES string of the molecule is CCc1nnc(NC(=O)C(CN)c2ccccc2)s1. The van der Waals surface area contributed by atoms with Crippen molar-refractivity contribution in [2.24, 2.45) is 5.73 Å². The number of carbonyl (C=O) groups excluding carboxylic acids is 1. The van der Waals surface area contributed by atoms with E-state index < -0.39 is 0 Å². The van der Waals surface area contributed by atoms with Gasteiger partial charge in [0.25, 0.3) is 0 Å². The summed E-state index contributed by atoms with van der Waals surface area (Å²) in [5, 5.41) is 12.1. The Morgan fingerprint density at radius 2 is 2.11 bits per heavy atom. The maximum atomic E-state index is 12.2. The van der Waals surface area contributed by atoms with E-state index in [-0.39, 0.29) is 18.4 Å². The fraction of sp³-hybridized carbons (Fsp3) is 0.308. The second kappa shape index (κ2) is 6.40. The van der Waals surface area contributed by atoms with Gasteiger partial charge in [-0.25, -0.2) is 0 Å². The molecule has 0 radical (unpaired) electrons. The van der Waals surface area contributed by atoms with Crippen LogP contribution in [0.3, 0.4) is 0 Å². The van der Waals surface area contributed by atoms with E-state index in [1.165, 1.54) is 11.3 Å². The van der Waals surface area contributed by atoms with Crippen LogP contribution >= 0.6 is 11.3 Å². The number of nitrogens with zero attached hydrogens (tertiary/aromatic N) is 2. The van der Waals surface area contributed by atoms with Crippen LogP contribution < -0.4 is 11.1 Å². The average molecular weight is 276 g/mol. The van der Waals surface area contributed by atoms with Crippen molar-refractivity contribution < 1.29 is 4.79 Å². The standard InChI is InChI=1S/C13H16N4OS/c1-2-11-16-17-13(19-11)15-12(18)10(8-14)9-6-4-3-5-7-9/h3-7,10H,2,8,14H2,1H3,(H,15,17,18). The van der Waals surface area contributed by atoms with Gasteiger partial charge < -0.3 is 5.73 Å². The van der Waals surface area contributed by atoms with Crippen LogP contribution in [0, 0.1) is 0 Å². The molecular formula is C13H16N4OS. The topological polar surface area (TPSA) is 80.9 Å². The minimum Gasteiger partial charge on any atom is -0.329 e. The van der Waals surface area contributed by atoms with Crippen molar-refractivity contribution in [2.45, 2.75) is 19.3 Å². The highest BCUT2D eigenvalue weighted by atomic mass is 32.1. The largest absolute Gasteiger partial charge is 0.329 e. The molecule has 1 amide bonds. The predicted octanol–water partition coefficient (Wildman–Crippen LogP) is 1.78. The highest BCUT2D eigenvalue weighted by Gasteiger charge is 2.20. The molecule has 0 fully saturated rings. The van der Waals surface area contributed by atoms with Gasteiger partial charge in [0.1, 0.15) is 5.01 Å². The van der Waals surface area contributed by atoms with Crippen LogP contribution in [0.5, 0.6) is 0 Å². The third kappa shape index (κ3) is 3.36. The molecule has 0 aliphatic carbocycles. The first kappa shape index (κ1) is 13.6. The molecule has 2 aromatic rings. The summed E-state index contributed by atoms with van der Waals surface area (Å²) in [6, 6.07) is 9.49. The lowest BCUT2D eigenvalue weighted by molar-refractivity contribution is -0.117. The highest BCUT2D eigenvalue weighted by molar-refractivity contribution is 7.15. The Balaban J connectivity index is 2.09. The molecule has 19 heavy (non-hydrogen) atoms. The molecule has 1 aromatic carbocycles. The van der Waals surface area contributed by atoms with Crippen LogP contribution in [0.25, 0.3) is 0 Å². The summed E-state index contributed by atoms with van der Waals surface area (Å²) in [5.41, 5.74) is 6.60. The summed E-state index contributed by atoms with van der Waals surface area (Å²) >= 11 is 1.39. The van der Waals surface area contributed by atoms with Crippen LogP contribution in [0.2, 0.25) is 0 Å². The smallest absolute Gasteiger partial charge is 0.235 e. The van der Waals surface area contributed by atoms with E-state index in [2.05, 4.69) is 15.5 Å². The number of nitrogens with two attached hydrogens (primary N) is 1. The molecule has 5 nitrogen and oxygen atoms in total. The Morgan fingerprint density at radius 3 is 2.68 bits per heavy atom. The zero-order valence-corrected chi connectivity index (χ0v) is 11.5. The average Bonchev–Trinajstić information content (AvgIpc) is 2.88. The number of rotatable bonds is 5. The van der Waals surface area contributed by atoms with E-state index in [1.807, 2.05) is 37.3 Å². The van der Waals surface area contributed by atoms with Crippen LogP contribution in [0.4, 0.5) is 5.13 Å². The molecule has 0 saturated carbocycles. The Kier molecular flexibility index (Phi) is 4.59. The maximum absolute atomic E-state index is 12.2. The van der Waals surface area contributed by atoms with Gasteiger partial charge in [-0.15, -0.1) is 10.2 Å². The third-order valence-electron chi connectivity index (χ3n) is 2.75. The lowest BCUT2D eigenvalue weighted by Crippen LogP contribution is -2.27. The molecule has 1 heterocycles. The molecule has 0 spiro atoms. The fourth-order valence-corrected chi connectivity index (χ4v) is 2.40. The molecule has 0 aliphatic rings. The van der Waals surface area contributed by atoms with E-state index in [1.54, 1.807) is 0 Å². The number of anilines is 1. The molecule has 0 aliphatic heterocycles. The number of aromatic nitrogens is 2. The predicted molar refractivity (Wildman–Crippen MR) is 76.2 cm³/mol. The molecule has 100 valence electrons. The third-order valence-corrected chi connectivity index (χ3v) is 3.74. The molecule has 3 N–H and O–H groups in total. The summed E-state index contributed by atoms with van der Waals surface area (Å²) < 4.78 is 0. The van der Waals surface area contributed by atoms with Gasteiger partial charge in [0.2, 0.25) is 11.0 Å². The Morgan fingerprint density at radius 1 is 1.37 bits per heavy atom. The molecular weight excluding hydrogens is 260 g/mol. The lowest BCUT2D eigenvalue weighted by atomic mass is 9.99. The molecule has 1 atom stereocenters. The van der Waals surface area contributed by atoms with E-state index in [4.69, 9.17) is 5.73 Å². The Bertz CT molecular complexity index is 541. The van der Waals surface area contributed by atoms with Crippen LogP contribution in [0.1, 0.15) is 23.4 Å². The number of hydrogen-bond acceptors (Lipinski definition) is 5. The quantitative estimate of drug-likeness (QED) is 0.872. The van der Waals surface area contributed by atoms with Crippen LogP contribution in [-0.4, -0.2) is 22.6 Å². The second-order valence-electron chi connectivity index (χ2n) is 4.04. The van der Waals surface area contributed by atoms with Crippen LogP contribution in [0.15, 0.2) is 30.3 Å².